The van der Waals surface area contributed by atoms with Gasteiger partial charge < -0.3 is 0 Å². The molecule has 0 heterocycles. The van der Waals surface area contributed by atoms with Crippen LogP contribution in [0.15, 0.2) is 0 Å². The first-order chi connectivity index (χ1) is 8.56. The van der Waals surface area contributed by atoms with E-state index in [9.17, 15) is 8.42 Å². The minimum atomic E-state index is -3.49. The zero-order valence-electron chi connectivity index (χ0n) is 11.9. The summed E-state index contributed by atoms with van der Waals surface area (Å²) in [6.07, 6.45) is 14.7. The summed E-state index contributed by atoms with van der Waals surface area (Å²) in [5.74, 6) is 0.0322. The third kappa shape index (κ3) is 15.9. The average Bonchev–Trinajstić information content (AvgIpc) is 2.29. The molecule has 0 amide bonds. The molecule has 0 spiro atoms. The first-order valence-corrected chi connectivity index (χ1v) is 9.19. The Hall–Kier alpha value is -0.0900. The van der Waals surface area contributed by atoms with Crippen molar-refractivity contribution in [1.29, 1.82) is 0 Å². The molecule has 0 unspecified atom stereocenters. The van der Waals surface area contributed by atoms with Gasteiger partial charge in [-0.2, -0.15) is 0 Å². The Labute approximate surface area is 114 Å². The fourth-order valence-electron chi connectivity index (χ4n) is 2.13. The highest BCUT2D eigenvalue weighted by atomic mass is 32.2. The highest BCUT2D eigenvalue weighted by molar-refractivity contribution is 7.88. The van der Waals surface area contributed by atoms with Crippen molar-refractivity contribution < 1.29 is 8.42 Å². The SMILES string of the molecule is CCCCCCCCCCCCCCS([NH])(=O)=O. The Morgan fingerprint density at radius 1 is 0.667 bits per heavy atom. The lowest BCUT2D eigenvalue weighted by atomic mass is 10.1. The van der Waals surface area contributed by atoms with E-state index in [2.05, 4.69) is 6.92 Å². The molecule has 4 heteroatoms. The number of unbranched alkanes of at least 4 members (excludes halogenated alkanes) is 11. The molecule has 0 atom stereocenters. The molecule has 0 aliphatic rings. The fraction of sp³-hybridized carbons (Fsp3) is 1.00. The van der Waals surface area contributed by atoms with Crippen LogP contribution in [0, 0.1) is 0 Å². The van der Waals surface area contributed by atoms with Crippen LogP contribution in [0.3, 0.4) is 0 Å². The van der Waals surface area contributed by atoms with Crippen molar-refractivity contribution in [2.45, 2.75) is 84.0 Å². The van der Waals surface area contributed by atoms with Gasteiger partial charge >= 0.3 is 0 Å². The van der Waals surface area contributed by atoms with E-state index in [0.717, 1.165) is 12.8 Å². The van der Waals surface area contributed by atoms with E-state index in [4.69, 9.17) is 5.14 Å². The van der Waals surface area contributed by atoms with Crippen molar-refractivity contribution in [3.8, 4) is 0 Å². The van der Waals surface area contributed by atoms with Crippen LogP contribution < -0.4 is 5.14 Å². The molecular formula is C14H30NO2S. The largest absolute Gasteiger partial charge is 0.225 e. The van der Waals surface area contributed by atoms with Crippen LogP contribution in [0.1, 0.15) is 84.0 Å². The normalized spacial score (nSPS) is 11.9. The lowest BCUT2D eigenvalue weighted by Gasteiger charge is -2.02. The molecule has 0 saturated carbocycles. The highest BCUT2D eigenvalue weighted by Gasteiger charge is 2.02. The van der Waals surface area contributed by atoms with Crippen molar-refractivity contribution in [3.05, 3.63) is 0 Å². The second kappa shape index (κ2) is 12.0. The smallest absolute Gasteiger partial charge is 0.211 e. The molecule has 0 rings (SSSR count). The van der Waals surface area contributed by atoms with Gasteiger partial charge in [-0.05, 0) is 6.42 Å². The summed E-state index contributed by atoms with van der Waals surface area (Å²) in [5.41, 5.74) is 0. The molecule has 0 bridgehead atoms. The first kappa shape index (κ1) is 17.9. The third-order valence-corrected chi connectivity index (χ3v) is 4.09. The van der Waals surface area contributed by atoms with Gasteiger partial charge in [0.1, 0.15) is 0 Å². The van der Waals surface area contributed by atoms with E-state index in [1.54, 1.807) is 0 Å². The highest BCUT2D eigenvalue weighted by Crippen LogP contribution is 2.11. The van der Waals surface area contributed by atoms with E-state index in [1.165, 1.54) is 57.8 Å². The molecule has 0 aromatic heterocycles. The summed E-state index contributed by atoms with van der Waals surface area (Å²) in [4.78, 5) is 0. The van der Waals surface area contributed by atoms with Gasteiger partial charge in [0.25, 0.3) is 0 Å². The van der Waals surface area contributed by atoms with Crippen LogP contribution in [0.25, 0.3) is 0 Å². The Balaban J connectivity index is 3.03. The van der Waals surface area contributed by atoms with Gasteiger partial charge in [0.2, 0.25) is 10.0 Å². The molecule has 1 radical (unpaired) electrons. The molecule has 0 aliphatic heterocycles. The summed E-state index contributed by atoms with van der Waals surface area (Å²) >= 11 is 0. The molecule has 3 nitrogen and oxygen atoms in total. The van der Waals surface area contributed by atoms with Crippen molar-refractivity contribution in [3.63, 3.8) is 0 Å². The van der Waals surface area contributed by atoms with Gasteiger partial charge in [-0.25, -0.2) is 8.42 Å². The summed E-state index contributed by atoms with van der Waals surface area (Å²) < 4.78 is 21.2. The summed E-state index contributed by atoms with van der Waals surface area (Å²) in [6.45, 7) is 2.24. The molecule has 0 aliphatic carbocycles. The first-order valence-electron chi connectivity index (χ1n) is 7.53. The second-order valence-electron chi connectivity index (χ2n) is 5.21. The van der Waals surface area contributed by atoms with Gasteiger partial charge in [-0.15, -0.1) is 5.14 Å². The number of hydrogen-bond acceptors (Lipinski definition) is 2. The molecular weight excluding hydrogens is 246 g/mol. The lowest BCUT2D eigenvalue weighted by Crippen LogP contribution is -2.05. The maximum atomic E-state index is 10.6. The van der Waals surface area contributed by atoms with Gasteiger partial charge in [-0.3, -0.25) is 0 Å². The zero-order chi connectivity index (χ0) is 13.7. The van der Waals surface area contributed by atoms with Crippen molar-refractivity contribution in [1.82, 2.24) is 5.14 Å². The molecule has 109 valence electrons. The number of sulfonamides is 1. The van der Waals surface area contributed by atoms with Crippen molar-refractivity contribution in [2.24, 2.45) is 0 Å². The Morgan fingerprint density at radius 3 is 1.33 bits per heavy atom. The van der Waals surface area contributed by atoms with Gasteiger partial charge in [-0.1, -0.05) is 77.6 Å². The topological polar surface area (TPSA) is 57.9 Å². The van der Waals surface area contributed by atoms with Crippen molar-refractivity contribution in [2.75, 3.05) is 5.75 Å². The van der Waals surface area contributed by atoms with Crippen molar-refractivity contribution >= 4 is 10.0 Å². The van der Waals surface area contributed by atoms with Crippen LogP contribution in [0.5, 0.6) is 0 Å². The number of nitrogens with one attached hydrogen (secondary N) is 1. The van der Waals surface area contributed by atoms with Crippen LogP contribution in [0.2, 0.25) is 0 Å². The summed E-state index contributed by atoms with van der Waals surface area (Å²) in [5, 5.41) is 6.74. The fourth-order valence-corrected chi connectivity index (χ4v) is 2.72. The van der Waals surface area contributed by atoms with E-state index in [0.29, 0.717) is 6.42 Å². The maximum absolute atomic E-state index is 10.6. The van der Waals surface area contributed by atoms with E-state index >= 15 is 0 Å². The zero-order valence-corrected chi connectivity index (χ0v) is 12.7. The molecule has 18 heavy (non-hydrogen) atoms. The van der Waals surface area contributed by atoms with Crippen LogP contribution in [0.4, 0.5) is 0 Å². The Kier molecular flexibility index (Phi) is 11.9. The number of rotatable bonds is 13. The quantitative estimate of drug-likeness (QED) is 0.471. The third-order valence-electron chi connectivity index (χ3n) is 3.27. The predicted octanol–water partition coefficient (Wildman–Crippen LogP) is 4.30. The number of hydrogen-bond donors (Lipinski definition) is 0. The van der Waals surface area contributed by atoms with E-state index in [-0.39, 0.29) is 5.75 Å². The van der Waals surface area contributed by atoms with E-state index in [1.807, 2.05) is 0 Å². The molecule has 0 fully saturated rings. The minimum absolute atomic E-state index is 0.0322. The maximum Gasteiger partial charge on any atom is 0.225 e. The van der Waals surface area contributed by atoms with Gasteiger partial charge in [0, 0.05) is 0 Å². The monoisotopic (exact) mass is 276 g/mol. The van der Waals surface area contributed by atoms with Gasteiger partial charge in [0.05, 0.1) is 5.75 Å². The molecule has 0 aromatic carbocycles. The Morgan fingerprint density at radius 2 is 1.00 bits per heavy atom. The molecule has 1 N–H and O–H groups in total. The van der Waals surface area contributed by atoms with Gasteiger partial charge in [0.15, 0.2) is 0 Å². The minimum Gasteiger partial charge on any atom is -0.211 e. The summed E-state index contributed by atoms with van der Waals surface area (Å²) in [7, 11) is -3.49. The van der Waals surface area contributed by atoms with E-state index < -0.39 is 10.0 Å². The Bertz CT molecular complexity index is 263. The van der Waals surface area contributed by atoms with Crippen LogP contribution >= 0.6 is 0 Å². The standard InChI is InChI=1S/C14H30NO2S/c1-2-3-4-5-6-7-8-9-10-11-12-13-14-18(15,16)17/h15H,2-14H2,1H3. The van der Waals surface area contributed by atoms with Crippen LogP contribution in [-0.2, 0) is 10.0 Å². The lowest BCUT2D eigenvalue weighted by molar-refractivity contribution is 0.546. The predicted molar refractivity (Wildman–Crippen MR) is 78.0 cm³/mol. The molecule has 0 saturated heterocycles. The molecule has 0 aromatic rings. The summed E-state index contributed by atoms with van der Waals surface area (Å²) in [6, 6.07) is 0. The second-order valence-corrected chi connectivity index (χ2v) is 6.85. The van der Waals surface area contributed by atoms with Crippen LogP contribution in [-0.4, -0.2) is 14.2 Å². The average molecular weight is 276 g/mol.